The molecule has 0 saturated heterocycles. The van der Waals surface area contributed by atoms with Crippen molar-refractivity contribution in [2.75, 3.05) is 0 Å². The van der Waals surface area contributed by atoms with Crippen molar-refractivity contribution in [1.82, 2.24) is 9.55 Å². The van der Waals surface area contributed by atoms with Gasteiger partial charge in [0.05, 0.1) is 11.7 Å². The van der Waals surface area contributed by atoms with Gasteiger partial charge in [0.1, 0.15) is 11.3 Å². The van der Waals surface area contributed by atoms with Gasteiger partial charge in [0.2, 0.25) is 0 Å². The van der Waals surface area contributed by atoms with E-state index in [4.69, 9.17) is 0 Å². The van der Waals surface area contributed by atoms with Crippen molar-refractivity contribution in [1.29, 1.82) is 0 Å². The summed E-state index contributed by atoms with van der Waals surface area (Å²) in [6.07, 6.45) is 6.36. The Morgan fingerprint density at radius 3 is 2.89 bits per heavy atom. The van der Waals surface area contributed by atoms with E-state index >= 15 is 0 Å². The van der Waals surface area contributed by atoms with Crippen molar-refractivity contribution < 1.29 is 4.39 Å². The summed E-state index contributed by atoms with van der Waals surface area (Å²) in [6.45, 7) is 0. The van der Waals surface area contributed by atoms with Crippen LogP contribution in [-0.2, 0) is 0 Å². The van der Waals surface area contributed by atoms with Crippen LogP contribution in [0.15, 0.2) is 29.3 Å². The van der Waals surface area contributed by atoms with Crippen LogP contribution in [0.5, 0.6) is 0 Å². The highest BCUT2D eigenvalue weighted by atomic mass is 19.1. The molecule has 2 bridgehead atoms. The molecular formula is C15H15FN2O. The number of hydrogen-bond donors (Lipinski definition) is 0. The second-order valence-electron chi connectivity index (χ2n) is 5.84. The molecule has 2 aromatic rings. The molecule has 3 atom stereocenters. The third kappa shape index (κ3) is 1.55. The van der Waals surface area contributed by atoms with Crippen LogP contribution >= 0.6 is 0 Å². The molecule has 2 saturated carbocycles. The number of benzene rings is 1. The fraction of sp³-hybridized carbons (Fsp3) is 0.467. The average Bonchev–Trinajstić information content (AvgIpc) is 3.02. The van der Waals surface area contributed by atoms with Crippen LogP contribution < -0.4 is 5.56 Å². The predicted octanol–water partition coefficient (Wildman–Crippen LogP) is 2.90. The summed E-state index contributed by atoms with van der Waals surface area (Å²) in [4.78, 5) is 16.7. The number of aromatic nitrogens is 2. The first-order valence-corrected chi connectivity index (χ1v) is 6.89. The lowest BCUT2D eigenvalue weighted by Gasteiger charge is -2.23. The molecule has 0 aliphatic heterocycles. The van der Waals surface area contributed by atoms with Crippen molar-refractivity contribution >= 4 is 10.9 Å². The standard InChI is InChI=1S/C15H15FN2O/c16-12-3-1-2-11-14(12)17-8-18(15(11)19)13-7-9-4-5-10(13)6-9/h1-3,8-10,13H,4-7H2/t9-,10+,13-/m1/s1. The molecule has 0 spiro atoms. The van der Waals surface area contributed by atoms with Crippen LogP contribution in [-0.4, -0.2) is 9.55 Å². The molecule has 3 nitrogen and oxygen atoms in total. The van der Waals surface area contributed by atoms with E-state index < -0.39 is 5.82 Å². The van der Waals surface area contributed by atoms with Crippen molar-refractivity contribution in [3.8, 4) is 0 Å². The molecule has 2 fully saturated rings. The highest BCUT2D eigenvalue weighted by molar-refractivity contribution is 5.77. The molecular weight excluding hydrogens is 243 g/mol. The van der Waals surface area contributed by atoms with E-state index in [2.05, 4.69) is 4.98 Å². The van der Waals surface area contributed by atoms with Crippen LogP contribution in [0.4, 0.5) is 4.39 Å². The van der Waals surface area contributed by atoms with E-state index in [1.165, 1.54) is 25.3 Å². The Morgan fingerprint density at radius 1 is 1.26 bits per heavy atom. The molecule has 0 radical (unpaired) electrons. The summed E-state index contributed by atoms with van der Waals surface area (Å²) in [5, 5.41) is 0.394. The van der Waals surface area contributed by atoms with Gasteiger partial charge in [-0.2, -0.15) is 0 Å². The molecule has 98 valence electrons. The number of halogens is 1. The van der Waals surface area contributed by atoms with Crippen molar-refractivity contribution in [2.24, 2.45) is 11.8 Å². The Hall–Kier alpha value is -1.71. The number of fused-ring (bicyclic) bond motifs is 3. The third-order valence-electron chi connectivity index (χ3n) is 4.82. The topological polar surface area (TPSA) is 34.9 Å². The number of para-hydroxylation sites is 1. The fourth-order valence-electron chi connectivity index (χ4n) is 3.92. The first-order valence-electron chi connectivity index (χ1n) is 6.89. The Labute approximate surface area is 110 Å². The van der Waals surface area contributed by atoms with Crippen LogP contribution in [0.1, 0.15) is 31.7 Å². The van der Waals surface area contributed by atoms with Gasteiger partial charge in [0, 0.05) is 6.04 Å². The molecule has 1 aromatic carbocycles. The smallest absolute Gasteiger partial charge is 0.261 e. The van der Waals surface area contributed by atoms with Crippen LogP contribution in [0.25, 0.3) is 10.9 Å². The molecule has 1 heterocycles. The Morgan fingerprint density at radius 2 is 2.16 bits per heavy atom. The van der Waals surface area contributed by atoms with Crippen molar-refractivity contribution in [3.63, 3.8) is 0 Å². The Kier molecular flexibility index (Phi) is 2.28. The molecule has 2 aliphatic carbocycles. The molecule has 19 heavy (non-hydrogen) atoms. The number of hydrogen-bond acceptors (Lipinski definition) is 2. The Balaban J connectivity index is 1.88. The van der Waals surface area contributed by atoms with Gasteiger partial charge in [-0.05, 0) is 43.2 Å². The maximum absolute atomic E-state index is 13.6. The lowest BCUT2D eigenvalue weighted by atomic mass is 9.95. The summed E-state index contributed by atoms with van der Waals surface area (Å²) in [6, 6.07) is 4.85. The van der Waals surface area contributed by atoms with Gasteiger partial charge >= 0.3 is 0 Å². The minimum absolute atomic E-state index is 0.0953. The highest BCUT2D eigenvalue weighted by Gasteiger charge is 2.40. The summed E-state index contributed by atoms with van der Waals surface area (Å²) in [7, 11) is 0. The molecule has 0 amide bonds. The van der Waals surface area contributed by atoms with Gasteiger partial charge < -0.3 is 0 Å². The van der Waals surface area contributed by atoms with E-state index in [1.54, 1.807) is 23.0 Å². The molecule has 4 heteroatoms. The van der Waals surface area contributed by atoms with Gasteiger partial charge in [-0.1, -0.05) is 12.5 Å². The second kappa shape index (κ2) is 3.89. The van der Waals surface area contributed by atoms with Gasteiger partial charge in [-0.3, -0.25) is 9.36 Å². The van der Waals surface area contributed by atoms with Crippen LogP contribution in [0.3, 0.4) is 0 Å². The largest absolute Gasteiger partial charge is 0.295 e. The number of nitrogens with zero attached hydrogens (tertiary/aromatic N) is 2. The third-order valence-corrected chi connectivity index (χ3v) is 4.82. The summed E-state index contributed by atoms with van der Waals surface area (Å²) >= 11 is 0. The molecule has 0 unspecified atom stereocenters. The Bertz CT molecular complexity index is 709. The predicted molar refractivity (Wildman–Crippen MR) is 70.4 cm³/mol. The zero-order valence-electron chi connectivity index (χ0n) is 10.6. The maximum atomic E-state index is 13.6. The minimum atomic E-state index is -0.422. The monoisotopic (exact) mass is 258 g/mol. The lowest BCUT2D eigenvalue weighted by Crippen LogP contribution is -2.28. The average molecular weight is 258 g/mol. The zero-order valence-corrected chi connectivity index (χ0v) is 10.6. The minimum Gasteiger partial charge on any atom is -0.295 e. The molecule has 1 aromatic heterocycles. The van der Waals surface area contributed by atoms with E-state index in [0.29, 0.717) is 11.3 Å². The van der Waals surface area contributed by atoms with E-state index in [1.807, 2.05) is 0 Å². The van der Waals surface area contributed by atoms with Crippen molar-refractivity contribution in [3.05, 3.63) is 40.7 Å². The van der Waals surface area contributed by atoms with E-state index in [-0.39, 0.29) is 17.1 Å². The van der Waals surface area contributed by atoms with Crippen molar-refractivity contribution in [2.45, 2.75) is 31.7 Å². The quantitative estimate of drug-likeness (QED) is 0.788. The maximum Gasteiger partial charge on any atom is 0.261 e. The summed E-state index contributed by atoms with van der Waals surface area (Å²) < 4.78 is 15.4. The zero-order chi connectivity index (χ0) is 13.0. The normalized spacial score (nSPS) is 29.2. The SMILES string of the molecule is O=c1c2cccc(F)c2ncn1[C@@H]1C[C@@H]2CC[C@H]1C2. The van der Waals surface area contributed by atoms with Gasteiger partial charge in [0.25, 0.3) is 5.56 Å². The lowest BCUT2D eigenvalue weighted by molar-refractivity contribution is 0.321. The second-order valence-corrected chi connectivity index (χ2v) is 5.84. The summed E-state index contributed by atoms with van der Waals surface area (Å²) in [5.41, 5.74) is 0.0916. The van der Waals surface area contributed by atoms with Gasteiger partial charge in [-0.15, -0.1) is 0 Å². The molecule has 2 aliphatic rings. The van der Waals surface area contributed by atoms with Gasteiger partial charge in [-0.25, -0.2) is 9.37 Å². The van der Waals surface area contributed by atoms with Crippen LogP contribution in [0, 0.1) is 17.7 Å². The van der Waals surface area contributed by atoms with E-state index in [0.717, 1.165) is 12.3 Å². The van der Waals surface area contributed by atoms with E-state index in [9.17, 15) is 9.18 Å². The molecule has 4 rings (SSSR count). The number of rotatable bonds is 1. The highest BCUT2D eigenvalue weighted by Crippen LogP contribution is 2.50. The first-order chi connectivity index (χ1) is 9.24. The molecule has 0 N–H and O–H groups in total. The van der Waals surface area contributed by atoms with Crippen LogP contribution in [0.2, 0.25) is 0 Å². The van der Waals surface area contributed by atoms with Gasteiger partial charge in [0.15, 0.2) is 0 Å². The first kappa shape index (κ1) is 11.1. The summed E-state index contributed by atoms with van der Waals surface area (Å²) in [5.74, 6) is 0.954. The fourth-order valence-corrected chi connectivity index (χ4v) is 3.92.